The molecule has 1 amide bonds. The van der Waals surface area contributed by atoms with Crippen molar-refractivity contribution in [3.8, 4) is 0 Å². The molecule has 0 aliphatic carbocycles. The number of hydrogen-bond donors (Lipinski definition) is 0. The molecule has 1 aromatic carbocycles. The standard InChI is InChI=1S/C18H26N2O5S2/c1-2-10-20(16-9-13-26(22,23)14-16)18(21)15-5-7-17(8-6-15)27(24,25)19-11-3-4-12-19/h5-8,16H,2-4,9-14H2,1H3/t16-/m1/s1. The van der Waals surface area contributed by atoms with Gasteiger partial charge in [0.1, 0.15) is 0 Å². The van der Waals surface area contributed by atoms with E-state index in [1.807, 2.05) is 6.92 Å². The van der Waals surface area contributed by atoms with Gasteiger partial charge in [0.05, 0.1) is 16.4 Å². The molecule has 0 unspecified atom stereocenters. The zero-order valence-corrected chi connectivity index (χ0v) is 17.1. The molecule has 0 spiro atoms. The molecule has 0 radical (unpaired) electrons. The monoisotopic (exact) mass is 414 g/mol. The number of amides is 1. The molecule has 2 aliphatic rings. The summed E-state index contributed by atoms with van der Waals surface area (Å²) in [7, 11) is -6.60. The highest BCUT2D eigenvalue weighted by Crippen LogP contribution is 2.23. The van der Waals surface area contributed by atoms with Crippen molar-refractivity contribution in [3.05, 3.63) is 29.8 Å². The largest absolute Gasteiger partial charge is 0.335 e. The predicted molar refractivity (Wildman–Crippen MR) is 103 cm³/mol. The van der Waals surface area contributed by atoms with Gasteiger partial charge in [0, 0.05) is 31.2 Å². The van der Waals surface area contributed by atoms with Crippen LogP contribution in [0.2, 0.25) is 0 Å². The van der Waals surface area contributed by atoms with E-state index in [1.54, 1.807) is 4.90 Å². The van der Waals surface area contributed by atoms with Gasteiger partial charge in [-0.15, -0.1) is 0 Å². The van der Waals surface area contributed by atoms with Gasteiger partial charge in [-0.1, -0.05) is 6.92 Å². The number of hydrogen-bond acceptors (Lipinski definition) is 5. The molecule has 2 aliphatic heterocycles. The Hall–Kier alpha value is -1.45. The number of carbonyl (C=O) groups is 1. The van der Waals surface area contributed by atoms with Gasteiger partial charge in [-0.3, -0.25) is 4.79 Å². The normalized spacial score (nSPS) is 22.8. The molecule has 27 heavy (non-hydrogen) atoms. The van der Waals surface area contributed by atoms with E-state index in [2.05, 4.69) is 0 Å². The van der Waals surface area contributed by atoms with Gasteiger partial charge in [-0.2, -0.15) is 4.31 Å². The highest BCUT2D eigenvalue weighted by atomic mass is 32.2. The Bertz CT molecular complexity index is 888. The fourth-order valence-corrected chi connectivity index (χ4v) is 6.97. The fourth-order valence-electron chi connectivity index (χ4n) is 3.72. The first-order chi connectivity index (χ1) is 12.7. The van der Waals surface area contributed by atoms with Crippen LogP contribution in [0.25, 0.3) is 0 Å². The second kappa shape index (κ2) is 7.89. The number of nitrogens with zero attached hydrogens (tertiary/aromatic N) is 2. The van der Waals surface area contributed by atoms with E-state index in [9.17, 15) is 21.6 Å². The summed E-state index contributed by atoms with van der Waals surface area (Å²) in [4.78, 5) is 14.7. The lowest BCUT2D eigenvalue weighted by molar-refractivity contribution is 0.0697. The minimum atomic E-state index is -3.51. The lowest BCUT2D eigenvalue weighted by atomic mass is 10.1. The summed E-state index contributed by atoms with van der Waals surface area (Å²) in [5, 5.41) is 0. The van der Waals surface area contributed by atoms with E-state index in [1.165, 1.54) is 28.6 Å². The summed E-state index contributed by atoms with van der Waals surface area (Å²) in [5.74, 6) is -0.137. The Morgan fingerprint density at radius 1 is 1.19 bits per heavy atom. The van der Waals surface area contributed by atoms with Gasteiger partial charge < -0.3 is 4.90 Å². The van der Waals surface area contributed by atoms with Crippen LogP contribution < -0.4 is 0 Å². The van der Waals surface area contributed by atoms with Crippen LogP contribution in [0.1, 0.15) is 43.0 Å². The molecule has 7 nitrogen and oxygen atoms in total. The number of carbonyl (C=O) groups excluding carboxylic acids is 1. The van der Waals surface area contributed by atoms with Crippen LogP contribution in [0.3, 0.4) is 0 Å². The summed E-state index contributed by atoms with van der Waals surface area (Å²) in [6.45, 7) is 3.48. The third-order valence-corrected chi connectivity index (χ3v) is 8.84. The molecule has 3 rings (SSSR count). The lowest BCUT2D eigenvalue weighted by Crippen LogP contribution is -2.41. The summed E-state index contributed by atoms with van der Waals surface area (Å²) in [5.41, 5.74) is 0.383. The Morgan fingerprint density at radius 3 is 2.33 bits per heavy atom. The van der Waals surface area contributed by atoms with Crippen LogP contribution in [0.15, 0.2) is 29.2 Å². The van der Waals surface area contributed by atoms with E-state index >= 15 is 0 Å². The second-order valence-electron chi connectivity index (χ2n) is 7.19. The van der Waals surface area contributed by atoms with Gasteiger partial charge >= 0.3 is 0 Å². The molecule has 2 saturated heterocycles. The SMILES string of the molecule is CCCN(C(=O)c1ccc(S(=O)(=O)N2CCCC2)cc1)[C@@H]1CCS(=O)(=O)C1. The van der Waals surface area contributed by atoms with Crippen molar-refractivity contribution in [1.29, 1.82) is 0 Å². The van der Waals surface area contributed by atoms with Gasteiger partial charge in [0.25, 0.3) is 5.91 Å². The maximum atomic E-state index is 12.9. The molecule has 9 heteroatoms. The molecular formula is C18H26N2O5S2. The molecule has 0 bridgehead atoms. The van der Waals surface area contributed by atoms with Crippen LogP contribution in [0, 0.1) is 0 Å². The van der Waals surface area contributed by atoms with Crippen LogP contribution in [-0.4, -0.2) is 69.1 Å². The Kier molecular flexibility index (Phi) is 5.93. The molecule has 0 saturated carbocycles. The van der Waals surface area contributed by atoms with Crippen molar-refractivity contribution >= 4 is 25.8 Å². The van der Waals surface area contributed by atoms with Crippen molar-refractivity contribution in [2.24, 2.45) is 0 Å². The molecule has 1 atom stereocenters. The molecular weight excluding hydrogens is 388 g/mol. The first-order valence-corrected chi connectivity index (χ1v) is 12.6. The molecule has 2 heterocycles. The third kappa shape index (κ3) is 4.35. The summed E-state index contributed by atoms with van der Waals surface area (Å²) >= 11 is 0. The van der Waals surface area contributed by atoms with E-state index in [4.69, 9.17) is 0 Å². The maximum absolute atomic E-state index is 12.9. The van der Waals surface area contributed by atoms with Crippen LogP contribution >= 0.6 is 0 Å². The van der Waals surface area contributed by atoms with Crippen molar-refractivity contribution in [1.82, 2.24) is 9.21 Å². The highest BCUT2D eigenvalue weighted by Gasteiger charge is 2.35. The van der Waals surface area contributed by atoms with Crippen molar-refractivity contribution < 1.29 is 21.6 Å². The van der Waals surface area contributed by atoms with E-state index in [0.717, 1.165) is 19.3 Å². The van der Waals surface area contributed by atoms with Gasteiger partial charge in [0.15, 0.2) is 9.84 Å². The molecule has 150 valence electrons. The van der Waals surface area contributed by atoms with E-state index in [-0.39, 0.29) is 28.4 Å². The van der Waals surface area contributed by atoms with Crippen LogP contribution in [-0.2, 0) is 19.9 Å². The topological polar surface area (TPSA) is 91.8 Å². The molecule has 1 aromatic rings. The highest BCUT2D eigenvalue weighted by molar-refractivity contribution is 7.91. The zero-order chi connectivity index (χ0) is 19.7. The molecule has 2 fully saturated rings. The summed E-state index contributed by atoms with van der Waals surface area (Å²) in [6, 6.07) is 5.68. The zero-order valence-electron chi connectivity index (χ0n) is 15.5. The second-order valence-corrected chi connectivity index (χ2v) is 11.4. The Balaban J connectivity index is 1.79. The average molecular weight is 415 g/mol. The fraction of sp³-hybridized carbons (Fsp3) is 0.611. The number of rotatable bonds is 6. The minimum absolute atomic E-state index is 0.000162. The maximum Gasteiger partial charge on any atom is 0.254 e. The summed E-state index contributed by atoms with van der Waals surface area (Å²) < 4.78 is 50.2. The quantitative estimate of drug-likeness (QED) is 0.704. The Morgan fingerprint density at radius 2 is 1.81 bits per heavy atom. The van der Waals surface area contributed by atoms with E-state index in [0.29, 0.717) is 31.6 Å². The minimum Gasteiger partial charge on any atom is -0.335 e. The van der Waals surface area contributed by atoms with Crippen LogP contribution in [0.4, 0.5) is 0 Å². The van der Waals surface area contributed by atoms with Gasteiger partial charge in [-0.25, -0.2) is 16.8 Å². The number of benzene rings is 1. The first kappa shape index (κ1) is 20.3. The predicted octanol–water partition coefficient (Wildman–Crippen LogP) is 1.51. The number of sulfonamides is 1. The molecule has 0 N–H and O–H groups in total. The third-order valence-electron chi connectivity index (χ3n) is 5.18. The lowest BCUT2D eigenvalue weighted by Gasteiger charge is -2.28. The van der Waals surface area contributed by atoms with Crippen molar-refractivity contribution in [2.75, 3.05) is 31.1 Å². The van der Waals surface area contributed by atoms with E-state index < -0.39 is 19.9 Å². The average Bonchev–Trinajstić information content (AvgIpc) is 3.29. The van der Waals surface area contributed by atoms with Crippen LogP contribution in [0.5, 0.6) is 0 Å². The van der Waals surface area contributed by atoms with Crippen molar-refractivity contribution in [2.45, 2.75) is 43.5 Å². The first-order valence-electron chi connectivity index (χ1n) is 9.36. The smallest absolute Gasteiger partial charge is 0.254 e. The summed E-state index contributed by atoms with van der Waals surface area (Å²) in [6.07, 6.45) is 2.91. The van der Waals surface area contributed by atoms with Gasteiger partial charge in [0.2, 0.25) is 10.0 Å². The molecule has 0 aromatic heterocycles. The van der Waals surface area contributed by atoms with Gasteiger partial charge in [-0.05, 0) is 49.9 Å². The Labute approximate surface area is 161 Å². The number of sulfone groups is 1. The van der Waals surface area contributed by atoms with Crippen molar-refractivity contribution in [3.63, 3.8) is 0 Å².